The zero-order valence-corrected chi connectivity index (χ0v) is 11.4. The van der Waals surface area contributed by atoms with E-state index in [0.29, 0.717) is 0 Å². The molecule has 0 saturated heterocycles. The van der Waals surface area contributed by atoms with Crippen molar-refractivity contribution in [3.63, 3.8) is 0 Å². The highest BCUT2D eigenvalue weighted by atomic mass is 35.5. The van der Waals surface area contributed by atoms with E-state index in [-0.39, 0.29) is 22.3 Å². The van der Waals surface area contributed by atoms with E-state index in [1.54, 1.807) is 13.0 Å². The number of hydrogen-bond acceptors (Lipinski definition) is 2. The molecule has 0 bridgehead atoms. The van der Waals surface area contributed by atoms with Crippen molar-refractivity contribution < 1.29 is 8.78 Å². The largest absolute Gasteiger partial charge is 0.376 e. The molecule has 102 valence electrons. The molecule has 0 aliphatic carbocycles. The predicted molar refractivity (Wildman–Crippen MR) is 74.6 cm³/mol. The van der Waals surface area contributed by atoms with Crippen LogP contribution >= 0.6 is 11.6 Å². The minimum atomic E-state index is -0.510. The summed E-state index contributed by atoms with van der Waals surface area (Å²) >= 11 is 5.72. The minimum absolute atomic E-state index is 0.0245. The molecule has 0 amide bonds. The monoisotopic (exact) mass is 292 g/mol. The van der Waals surface area contributed by atoms with Gasteiger partial charge in [-0.1, -0.05) is 17.7 Å². The Morgan fingerprint density at radius 3 is 2.50 bits per heavy atom. The topological polar surface area (TPSA) is 35.8 Å². The summed E-state index contributed by atoms with van der Waals surface area (Å²) in [5, 5.41) is 11.7. The summed E-state index contributed by atoms with van der Waals surface area (Å²) in [7, 11) is 0. The molecular formula is C15H11ClF2N2. The Morgan fingerprint density at radius 1 is 1.15 bits per heavy atom. The maximum absolute atomic E-state index is 13.8. The molecule has 5 heteroatoms. The van der Waals surface area contributed by atoms with Gasteiger partial charge in [-0.3, -0.25) is 0 Å². The number of rotatable bonds is 3. The van der Waals surface area contributed by atoms with Crippen molar-refractivity contribution in [1.82, 2.24) is 0 Å². The second kappa shape index (κ2) is 5.89. The average Bonchev–Trinajstić information content (AvgIpc) is 2.43. The van der Waals surface area contributed by atoms with E-state index in [9.17, 15) is 8.78 Å². The molecule has 0 radical (unpaired) electrons. The van der Waals surface area contributed by atoms with E-state index in [2.05, 4.69) is 5.32 Å². The summed E-state index contributed by atoms with van der Waals surface area (Å²) in [5.41, 5.74) is 1.27. The van der Waals surface area contributed by atoms with Gasteiger partial charge in [-0.25, -0.2) is 8.78 Å². The van der Waals surface area contributed by atoms with Gasteiger partial charge < -0.3 is 5.32 Å². The third-order valence-electron chi connectivity index (χ3n) is 2.91. The Bertz CT molecular complexity index is 680. The molecule has 0 aromatic heterocycles. The van der Waals surface area contributed by atoms with E-state index in [4.69, 9.17) is 16.9 Å². The summed E-state index contributed by atoms with van der Waals surface area (Å²) in [5.74, 6) is -1.00. The zero-order valence-electron chi connectivity index (χ0n) is 10.6. The third kappa shape index (κ3) is 3.06. The van der Waals surface area contributed by atoms with Crippen LogP contribution in [0.5, 0.6) is 0 Å². The summed E-state index contributed by atoms with van der Waals surface area (Å²) in [6, 6.07) is 10.1. The predicted octanol–water partition coefficient (Wildman–Crippen LogP) is 4.66. The molecule has 20 heavy (non-hydrogen) atoms. The maximum Gasteiger partial charge on any atom is 0.147 e. The highest BCUT2D eigenvalue weighted by Crippen LogP contribution is 2.25. The molecule has 1 unspecified atom stereocenters. The number of nitrogens with zero attached hydrogens (tertiary/aromatic N) is 1. The first-order valence-electron chi connectivity index (χ1n) is 5.92. The maximum atomic E-state index is 13.8. The number of benzene rings is 2. The summed E-state index contributed by atoms with van der Waals surface area (Å²) < 4.78 is 26.9. The van der Waals surface area contributed by atoms with E-state index in [1.807, 2.05) is 6.07 Å². The van der Waals surface area contributed by atoms with Crippen molar-refractivity contribution in [3.8, 4) is 6.07 Å². The lowest BCUT2D eigenvalue weighted by molar-refractivity contribution is 0.623. The Labute approximate surface area is 120 Å². The molecule has 0 heterocycles. The van der Waals surface area contributed by atoms with Crippen molar-refractivity contribution in [1.29, 1.82) is 5.26 Å². The van der Waals surface area contributed by atoms with E-state index in [1.165, 1.54) is 24.3 Å². The van der Waals surface area contributed by atoms with Gasteiger partial charge in [0.05, 0.1) is 22.3 Å². The van der Waals surface area contributed by atoms with Gasteiger partial charge in [-0.15, -0.1) is 0 Å². The Balaban J connectivity index is 2.21. The minimum Gasteiger partial charge on any atom is -0.376 e. The van der Waals surface area contributed by atoms with Gasteiger partial charge in [0.2, 0.25) is 0 Å². The lowest BCUT2D eigenvalue weighted by Crippen LogP contribution is -2.08. The highest BCUT2D eigenvalue weighted by molar-refractivity contribution is 6.30. The summed E-state index contributed by atoms with van der Waals surface area (Å²) in [6.07, 6.45) is 0. The average molecular weight is 293 g/mol. The zero-order chi connectivity index (χ0) is 14.7. The van der Waals surface area contributed by atoms with Gasteiger partial charge in [-0.05, 0) is 42.8 Å². The lowest BCUT2D eigenvalue weighted by atomic mass is 10.1. The molecule has 2 nitrogen and oxygen atoms in total. The van der Waals surface area contributed by atoms with E-state index >= 15 is 0 Å². The van der Waals surface area contributed by atoms with E-state index < -0.39 is 11.6 Å². The van der Waals surface area contributed by atoms with Crippen LogP contribution in [0.3, 0.4) is 0 Å². The van der Waals surface area contributed by atoms with Crippen LogP contribution in [0.2, 0.25) is 5.02 Å². The van der Waals surface area contributed by atoms with Crippen molar-refractivity contribution >= 4 is 17.3 Å². The normalized spacial score (nSPS) is 11.8. The lowest BCUT2D eigenvalue weighted by Gasteiger charge is -2.16. The fourth-order valence-electron chi connectivity index (χ4n) is 1.80. The summed E-state index contributed by atoms with van der Waals surface area (Å²) in [4.78, 5) is 0. The molecule has 2 aromatic carbocycles. The first kappa shape index (κ1) is 14.3. The number of halogens is 3. The van der Waals surface area contributed by atoms with Crippen molar-refractivity contribution in [2.75, 3.05) is 5.32 Å². The molecule has 2 rings (SSSR count). The van der Waals surface area contributed by atoms with Crippen LogP contribution in [0.4, 0.5) is 14.5 Å². The fourth-order valence-corrected chi connectivity index (χ4v) is 1.99. The SMILES string of the molecule is CC(Nc1ccc(C#N)cc1F)c1ccc(F)c(Cl)c1. The van der Waals surface area contributed by atoms with E-state index in [0.717, 1.165) is 11.6 Å². The van der Waals surface area contributed by atoms with Gasteiger partial charge >= 0.3 is 0 Å². The Kier molecular flexibility index (Phi) is 4.21. The number of nitriles is 1. The Hall–Kier alpha value is -2.12. The van der Waals surface area contributed by atoms with Crippen molar-refractivity contribution in [2.45, 2.75) is 13.0 Å². The molecule has 1 N–H and O–H groups in total. The molecular weight excluding hydrogens is 282 g/mol. The Morgan fingerprint density at radius 2 is 1.90 bits per heavy atom. The van der Waals surface area contributed by atoms with Gasteiger partial charge in [0.25, 0.3) is 0 Å². The smallest absolute Gasteiger partial charge is 0.147 e. The first-order chi connectivity index (χ1) is 9.51. The first-order valence-corrected chi connectivity index (χ1v) is 6.30. The standard InChI is InChI=1S/C15H11ClF2N2/c1-9(11-3-4-13(17)12(16)7-11)20-15-5-2-10(8-19)6-14(15)18/h2-7,9,20H,1H3. The number of hydrogen-bond donors (Lipinski definition) is 1. The molecule has 0 spiro atoms. The molecule has 0 aliphatic heterocycles. The number of anilines is 1. The van der Waals surface area contributed by atoms with Crippen LogP contribution < -0.4 is 5.32 Å². The second-order valence-corrected chi connectivity index (χ2v) is 4.75. The van der Waals surface area contributed by atoms with Crippen LogP contribution in [-0.2, 0) is 0 Å². The van der Waals surface area contributed by atoms with Crippen LogP contribution in [0, 0.1) is 23.0 Å². The molecule has 0 saturated carbocycles. The second-order valence-electron chi connectivity index (χ2n) is 4.35. The molecule has 1 atom stereocenters. The molecule has 2 aromatic rings. The van der Waals surface area contributed by atoms with Gasteiger partial charge in [0.15, 0.2) is 0 Å². The van der Waals surface area contributed by atoms with Gasteiger partial charge in [0, 0.05) is 6.04 Å². The highest BCUT2D eigenvalue weighted by Gasteiger charge is 2.11. The number of nitrogens with one attached hydrogen (secondary N) is 1. The third-order valence-corrected chi connectivity index (χ3v) is 3.20. The van der Waals surface area contributed by atoms with Gasteiger partial charge in [0.1, 0.15) is 11.6 Å². The quantitative estimate of drug-likeness (QED) is 0.893. The van der Waals surface area contributed by atoms with Crippen molar-refractivity contribution in [3.05, 3.63) is 64.2 Å². The van der Waals surface area contributed by atoms with Crippen LogP contribution in [0.15, 0.2) is 36.4 Å². The fraction of sp³-hybridized carbons (Fsp3) is 0.133. The summed E-state index contributed by atoms with van der Waals surface area (Å²) in [6.45, 7) is 1.81. The van der Waals surface area contributed by atoms with Crippen LogP contribution in [-0.4, -0.2) is 0 Å². The van der Waals surface area contributed by atoms with Crippen LogP contribution in [0.1, 0.15) is 24.1 Å². The molecule has 0 fully saturated rings. The van der Waals surface area contributed by atoms with Gasteiger partial charge in [-0.2, -0.15) is 5.26 Å². The molecule has 0 aliphatic rings. The van der Waals surface area contributed by atoms with Crippen LogP contribution in [0.25, 0.3) is 0 Å². The van der Waals surface area contributed by atoms with Crippen molar-refractivity contribution in [2.24, 2.45) is 0 Å².